The molecule has 0 bridgehead atoms. The number of methoxy groups -OCH3 is 2. The predicted octanol–water partition coefficient (Wildman–Crippen LogP) is 7.23. The fourth-order valence-electron chi connectivity index (χ4n) is 6.60. The van der Waals surface area contributed by atoms with Gasteiger partial charge in [0.1, 0.15) is 5.75 Å². The van der Waals surface area contributed by atoms with Crippen LogP contribution in [0, 0.1) is 22.2 Å². The summed E-state index contributed by atoms with van der Waals surface area (Å²) in [5, 5.41) is 11.2. The number of aromatic hydroxyl groups is 1. The number of hydrogen-bond acceptors (Lipinski definition) is 5. The Bertz CT molecular complexity index is 957. The largest absolute Gasteiger partial charge is 0.503 e. The van der Waals surface area contributed by atoms with E-state index in [1.165, 1.54) is 14.2 Å². The topological polar surface area (TPSA) is 93.1 Å². The molecule has 0 aromatic heterocycles. The monoisotopic (exact) mass is 500 g/mol. The van der Waals surface area contributed by atoms with E-state index in [0.717, 1.165) is 24.8 Å². The summed E-state index contributed by atoms with van der Waals surface area (Å²) in [6.07, 6.45) is 3.17. The van der Waals surface area contributed by atoms with Gasteiger partial charge in [-0.05, 0) is 47.3 Å². The molecule has 0 saturated heterocycles. The molecule has 0 fully saturated rings. The normalized spacial score (nSPS) is 15.8. The van der Waals surface area contributed by atoms with Crippen molar-refractivity contribution < 1.29 is 27.6 Å². The second-order valence-corrected chi connectivity index (χ2v) is 13.6. The van der Waals surface area contributed by atoms with Crippen LogP contribution in [0.3, 0.4) is 0 Å². The van der Waals surface area contributed by atoms with Crippen molar-refractivity contribution in [2.24, 2.45) is 22.2 Å². The van der Waals surface area contributed by atoms with Gasteiger partial charge in [-0.3, -0.25) is 4.55 Å². The van der Waals surface area contributed by atoms with Gasteiger partial charge in [0.05, 0.1) is 14.2 Å². The van der Waals surface area contributed by atoms with Gasteiger partial charge in [0.2, 0.25) is 0 Å². The van der Waals surface area contributed by atoms with Crippen LogP contribution in [-0.4, -0.2) is 32.3 Å². The molecule has 0 radical (unpaired) electrons. The van der Waals surface area contributed by atoms with Crippen LogP contribution in [0.5, 0.6) is 17.2 Å². The number of phenolic OH excluding ortho intramolecular Hbond substituents is 1. The van der Waals surface area contributed by atoms with Crippen LogP contribution in [0.1, 0.15) is 106 Å². The minimum absolute atomic E-state index is 0.0159. The van der Waals surface area contributed by atoms with Crippen molar-refractivity contribution >= 4 is 10.1 Å². The highest BCUT2D eigenvalue weighted by Gasteiger charge is 2.48. The molecule has 6 nitrogen and oxygen atoms in total. The Kier molecular flexibility index (Phi) is 9.57. The lowest BCUT2D eigenvalue weighted by Gasteiger charge is -2.50. The second kappa shape index (κ2) is 10.7. The first kappa shape index (κ1) is 30.6. The summed E-state index contributed by atoms with van der Waals surface area (Å²) in [6.45, 7) is 21.9. The molecule has 198 valence electrons. The molecule has 0 spiro atoms. The van der Waals surface area contributed by atoms with E-state index in [9.17, 15) is 18.1 Å². The number of hydrogen-bond donors (Lipinski definition) is 2. The van der Waals surface area contributed by atoms with Gasteiger partial charge in [-0.2, -0.15) is 8.42 Å². The Morgan fingerprint density at radius 3 is 1.76 bits per heavy atom. The van der Waals surface area contributed by atoms with Crippen LogP contribution in [0.2, 0.25) is 0 Å². The van der Waals surface area contributed by atoms with Crippen molar-refractivity contribution in [2.75, 3.05) is 14.2 Å². The third-order valence-corrected chi connectivity index (χ3v) is 7.83. The van der Waals surface area contributed by atoms with E-state index in [1.807, 2.05) is 6.92 Å². The smallest absolute Gasteiger partial charge is 0.302 e. The van der Waals surface area contributed by atoms with E-state index >= 15 is 0 Å². The van der Waals surface area contributed by atoms with Gasteiger partial charge in [-0.25, -0.2) is 0 Å². The van der Waals surface area contributed by atoms with Gasteiger partial charge in [-0.1, -0.05) is 75.7 Å². The minimum atomic E-state index is -4.76. The van der Waals surface area contributed by atoms with Crippen molar-refractivity contribution in [1.29, 1.82) is 0 Å². The van der Waals surface area contributed by atoms with Crippen LogP contribution < -0.4 is 9.47 Å². The van der Waals surface area contributed by atoms with Crippen molar-refractivity contribution in [3.05, 3.63) is 11.1 Å². The summed E-state index contributed by atoms with van der Waals surface area (Å²) < 4.78 is 45.8. The second-order valence-electron chi connectivity index (χ2n) is 12.2. The Labute approximate surface area is 208 Å². The van der Waals surface area contributed by atoms with E-state index in [4.69, 9.17) is 9.47 Å². The molecule has 0 aliphatic heterocycles. The fraction of sp³-hybridized carbons (Fsp3) is 0.778. The standard InChI is InChI=1S/C27H48O6S/c1-13-18-19(22(33-12)20(28)23(21(18)32-11)34(29,30)31)24(26(8,9)16-25(5,6)7)27(10,14-2)15-17(3)4/h17,24,28H,13-16H2,1-12H3,(H,29,30,31). The van der Waals surface area contributed by atoms with Crippen molar-refractivity contribution in [3.8, 4) is 17.2 Å². The van der Waals surface area contributed by atoms with Crippen molar-refractivity contribution in [1.82, 2.24) is 0 Å². The van der Waals surface area contributed by atoms with Gasteiger partial charge in [0, 0.05) is 11.1 Å². The lowest BCUT2D eigenvalue weighted by molar-refractivity contribution is 0.0607. The lowest BCUT2D eigenvalue weighted by atomic mass is 9.54. The number of rotatable bonds is 11. The third kappa shape index (κ3) is 6.39. The summed E-state index contributed by atoms with van der Waals surface area (Å²) in [5.41, 5.74) is 1.02. The van der Waals surface area contributed by atoms with E-state index in [2.05, 4.69) is 62.3 Å². The third-order valence-electron chi connectivity index (χ3n) is 6.94. The zero-order valence-electron chi connectivity index (χ0n) is 23.4. The average molecular weight is 501 g/mol. The van der Waals surface area contributed by atoms with Crippen LogP contribution in [0.4, 0.5) is 0 Å². The summed E-state index contributed by atoms with van der Waals surface area (Å²) in [4.78, 5) is -0.637. The number of phenols is 1. The highest BCUT2D eigenvalue weighted by atomic mass is 32.2. The first-order valence-electron chi connectivity index (χ1n) is 12.3. The fourth-order valence-corrected chi connectivity index (χ4v) is 7.38. The number of benzene rings is 1. The van der Waals surface area contributed by atoms with Crippen LogP contribution in [0.25, 0.3) is 0 Å². The van der Waals surface area contributed by atoms with Crippen LogP contribution in [0.15, 0.2) is 4.90 Å². The molecule has 0 aliphatic carbocycles. The molecule has 2 atom stereocenters. The first-order valence-corrected chi connectivity index (χ1v) is 13.7. The highest BCUT2D eigenvalue weighted by molar-refractivity contribution is 7.86. The molecule has 2 N–H and O–H groups in total. The summed E-state index contributed by atoms with van der Waals surface area (Å²) in [7, 11) is -1.97. The van der Waals surface area contributed by atoms with Crippen molar-refractivity contribution in [3.63, 3.8) is 0 Å². The van der Waals surface area contributed by atoms with E-state index in [0.29, 0.717) is 17.9 Å². The summed E-state index contributed by atoms with van der Waals surface area (Å²) >= 11 is 0. The molecule has 0 saturated carbocycles. The Hall–Kier alpha value is -1.47. The molecular weight excluding hydrogens is 452 g/mol. The van der Waals surface area contributed by atoms with Crippen LogP contribution in [-0.2, 0) is 16.5 Å². The maximum atomic E-state index is 12.3. The van der Waals surface area contributed by atoms with Gasteiger partial charge < -0.3 is 14.6 Å². The molecule has 7 heteroatoms. The zero-order valence-corrected chi connectivity index (χ0v) is 24.2. The maximum absolute atomic E-state index is 12.3. The van der Waals surface area contributed by atoms with Gasteiger partial charge in [0.25, 0.3) is 0 Å². The maximum Gasteiger partial charge on any atom is 0.302 e. The van der Waals surface area contributed by atoms with E-state index in [1.54, 1.807) is 0 Å². The molecule has 0 amide bonds. The summed E-state index contributed by atoms with van der Waals surface area (Å²) in [5.74, 6) is -0.180. The number of ether oxygens (including phenoxy) is 2. The molecule has 34 heavy (non-hydrogen) atoms. The van der Waals surface area contributed by atoms with E-state index < -0.39 is 20.8 Å². The highest BCUT2D eigenvalue weighted by Crippen LogP contribution is 2.61. The van der Waals surface area contributed by atoms with E-state index in [-0.39, 0.29) is 33.7 Å². The Balaban J connectivity index is 4.35. The molecular formula is C27H48O6S. The molecule has 0 heterocycles. The molecule has 2 unspecified atom stereocenters. The lowest BCUT2D eigenvalue weighted by Crippen LogP contribution is -2.40. The Morgan fingerprint density at radius 2 is 1.44 bits per heavy atom. The van der Waals surface area contributed by atoms with Crippen molar-refractivity contribution in [2.45, 2.75) is 106 Å². The summed E-state index contributed by atoms with van der Waals surface area (Å²) in [6, 6.07) is 0. The first-order chi connectivity index (χ1) is 15.3. The quantitative estimate of drug-likeness (QED) is 0.311. The SMILES string of the molecule is CCc1c(OC)c(S(=O)(=O)O)c(O)c(OC)c1C(C(C)(C)CC(C)(C)C)C(C)(CC)CC(C)C. The van der Waals surface area contributed by atoms with Gasteiger partial charge in [0.15, 0.2) is 16.4 Å². The van der Waals surface area contributed by atoms with Gasteiger partial charge in [-0.15, -0.1) is 0 Å². The zero-order chi connectivity index (χ0) is 26.9. The molecule has 0 aliphatic rings. The minimum Gasteiger partial charge on any atom is -0.503 e. The van der Waals surface area contributed by atoms with Crippen LogP contribution >= 0.6 is 0 Å². The van der Waals surface area contributed by atoms with Gasteiger partial charge >= 0.3 is 10.1 Å². The molecule has 1 aromatic rings. The Morgan fingerprint density at radius 1 is 0.941 bits per heavy atom. The molecule has 1 aromatic carbocycles. The predicted molar refractivity (Wildman–Crippen MR) is 139 cm³/mol. The average Bonchev–Trinajstić information content (AvgIpc) is 2.63. The molecule has 1 rings (SSSR count).